The van der Waals surface area contributed by atoms with Gasteiger partial charge < -0.3 is 14.4 Å². The monoisotopic (exact) mass is 613 g/mol. The second-order valence-corrected chi connectivity index (χ2v) is 11.4. The van der Waals surface area contributed by atoms with E-state index >= 15 is 0 Å². The number of aromatic nitrogens is 1. The van der Waals surface area contributed by atoms with Gasteiger partial charge in [-0.2, -0.15) is 0 Å². The number of halogens is 3. The maximum absolute atomic E-state index is 11.3. The summed E-state index contributed by atoms with van der Waals surface area (Å²) in [7, 11) is 0. The summed E-state index contributed by atoms with van der Waals surface area (Å²) in [5.74, 6) is 2.08. The predicted molar refractivity (Wildman–Crippen MR) is 169 cm³/mol. The van der Waals surface area contributed by atoms with Crippen LogP contribution >= 0.6 is 34.8 Å². The number of aliphatic hydroxyl groups is 1. The molecule has 218 valence electrons. The zero-order valence-electron chi connectivity index (χ0n) is 24.3. The van der Waals surface area contributed by atoms with Gasteiger partial charge in [-0.3, -0.25) is 0 Å². The molecule has 0 atom stereocenters. The van der Waals surface area contributed by atoms with E-state index < -0.39 is 5.60 Å². The first-order valence-electron chi connectivity index (χ1n) is 14.5. The van der Waals surface area contributed by atoms with Gasteiger partial charge in [0.05, 0.1) is 26.2 Å². The van der Waals surface area contributed by atoms with E-state index in [0.29, 0.717) is 56.8 Å². The first kappa shape index (κ1) is 31.4. The Balaban J connectivity index is 0.000000929. The van der Waals surface area contributed by atoms with Crippen molar-refractivity contribution in [2.24, 2.45) is 0 Å². The number of ether oxygens (including phenoxy) is 1. The molecule has 41 heavy (non-hydrogen) atoms. The molecule has 2 fully saturated rings. The predicted octanol–water partition coefficient (Wildman–Crippen LogP) is 10.9. The molecule has 0 unspecified atom stereocenters. The van der Waals surface area contributed by atoms with Gasteiger partial charge in [0.2, 0.25) is 0 Å². The number of hydrogen-bond acceptors (Lipinski definition) is 4. The van der Waals surface area contributed by atoms with Gasteiger partial charge in [-0.15, -0.1) is 0 Å². The molecule has 2 saturated carbocycles. The van der Waals surface area contributed by atoms with E-state index in [9.17, 15) is 5.11 Å². The molecule has 3 aromatic carbocycles. The van der Waals surface area contributed by atoms with Crippen molar-refractivity contribution < 1.29 is 14.4 Å². The van der Waals surface area contributed by atoms with Crippen LogP contribution in [0.1, 0.15) is 93.2 Å². The zero-order valence-corrected chi connectivity index (χ0v) is 26.6. The third kappa shape index (κ3) is 6.78. The molecular weight excluding hydrogens is 577 g/mol. The van der Waals surface area contributed by atoms with E-state index in [1.165, 1.54) is 11.1 Å². The van der Waals surface area contributed by atoms with E-state index in [1.807, 2.05) is 39.8 Å². The molecule has 0 bridgehead atoms. The quantitative estimate of drug-likeness (QED) is 0.225. The number of aryl methyl sites for hydroxylation is 1. The van der Waals surface area contributed by atoms with Crippen LogP contribution in [0.3, 0.4) is 0 Å². The number of nitrogens with zero attached hydrogens (tertiary/aromatic N) is 1. The lowest BCUT2D eigenvalue weighted by atomic mass is 9.65. The van der Waals surface area contributed by atoms with Crippen molar-refractivity contribution in [1.29, 1.82) is 0 Å². The van der Waals surface area contributed by atoms with Crippen molar-refractivity contribution in [3.8, 4) is 17.0 Å². The average molecular weight is 615 g/mol. The maximum Gasteiger partial charge on any atom is 0.147 e. The summed E-state index contributed by atoms with van der Waals surface area (Å²) in [5, 5.41) is 17.1. The van der Waals surface area contributed by atoms with Crippen LogP contribution in [0.4, 0.5) is 0 Å². The SMILES string of the molecule is CC.CC.Cc1cccc(C2CC(O)(c3ccc(OCc4c(-c5c(Cl)cccc5Cl)noc4C4CC4)cc3Cl)C2)c1. The molecule has 0 aliphatic heterocycles. The molecule has 7 heteroatoms. The highest BCUT2D eigenvalue weighted by molar-refractivity contribution is 6.39. The summed E-state index contributed by atoms with van der Waals surface area (Å²) >= 11 is 19.6. The number of rotatable bonds is 7. The molecule has 4 aromatic rings. The molecule has 1 heterocycles. The molecular formula is C34H38Cl3NO3. The van der Waals surface area contributed by atoms with E-state index in [4.69, 9.17) is 44.1 Å². The van der Waals surface area contributed by atoms with Crippen LogP contribution in [0.2, 0.25) is 15.1 Å². The van der Waals surface area contributed by atoms with Crippen molar-refractivity contribution in [3.63, 3.8) is 0 Å². The van der Waals surface area contributed by atoms with Gasteiger partial charge >= 0.3 is 0 Å². The van der Waals surface area contributed by atoms with Crippen molar-refractivity contribution in [2.45, 2.75) is 84.3 Å². The molecule has 0 spiro atoms. The molecule has 0 amide bonds. The normalized spacial score (nSPS) is 19.3. The van der Waals surface area contributed by atoms with Crippen molar-refractivity contribution in [3.05, 3.63) is 104 Å². The Morgan fingerprint density at radius 3 is 2.15 bits per heavy atom. The molecule has 1 N–H and O–H groups in total. The second kappa shape index (κ2) is 13.6. The molecule has 1 aromatic heterocycles. The van der Waals surface area contributed by atoms with Crippen molar-refractivity contribution in [2.75, 3.05) is 0 Å². The van der Waals surface area contributed by atoms with Gasteiger partial charge in [-0.1, -0.05) is 110 Å². The fourth-order valence-electron chi connectivity index (χ4n) is 5.30. The number of benzene rings is 3. The van der Waals surface area contributed by atoms with E-state index in [2.05, 4.69) is 36.3 Å². The molecule has 2 aliphatic carbocycles. The summed E-state index contributed by atoms with van der Waals surface area (Å²) in [6.07, 6.45) is 3.40. The fraction of sp³-hybridized carbons (Fsp3) is 0.382. The Labute approximate surface area is 258 Å². The maximum atomic E-state index is 11.3. The molecule has 2 aliphatic rings. The summed E-state index contributed by atoms with van der Waals surface area (Å²) < 4.78 is 11.9. The first-order chi connectivity index (χ1) is 19.8. The van der Waals surface area contributed by atoms with Crippen LogP contribution in [0, 0.1) is 6.92 Å². The average Bonchev–Trinajstić information content (AvgIpc) is 3.72. The lowest BCUT2D eigenvalue weighted by Gasteiger charge is -2.45. The van der Waals surface area contributed by atoms with Crippen molar-refractivity contribution >= 4 is 34.8 Å². The lowest BCUT2D eigenvalue weighted by molar-refractivity contribution is -0.0549. The smallest absolute Gasteiger partial charge is 0.147 e. The topological polar surface area (TPSA) is 55.5 Å². The third-order valence-electron chi connectivity index (χ3n) is 7.47. The van der Waals surface area contributed by atoms with Crippen LogP contribution in [0.15, 0.2) is 65.2 Å². The van der Waals surface area contributed by atoms with Gasteiger partial charge in [0.15, 0.2) is 0 Å². The summed E-state index contributed by atoms with van der Waals surface area (Å²) in [6, 6.07) is 19.3. The van der Waals surface area contributed by atoms with Crippen LogP contribution < -0.4 is 4.74 Å². The standard InChI is InChI=1S/C30H26Cl3NO3.2C2H6/c1-17-4-2-5-19(12-17)20-14-30(35,15-20)23-11-10-21(13-26(23)33)36-16-22-28(34-37-29(22)18-8-9-18)27-24(31)6-3-7-25(27)32;2*1-2/h2-7,10-13,18,20,35H,8-9,14-16H2,1H3;2*1-2H3. The van der Waals surface area contributed by atoms with Gasteiger partial charge in [0.25, 0.3) is 0 Å². The second-order valence-electron chi connectivity index (χ2n) is 10.2. The van der Waals surface area contributed by atoms with E-state index in [-0.39, 0.29) is 6.61 Å². The van der Waals surface area contributed by atoms with Gasteiger partial charge in [-0.25, -0.2) is 0 Å². The Morgan fingerprint density at radius 2 is 1.54 bits per heavy atom. The molecule has 6 rings (SSSR count). The summed E-state index contributed by atoms with van der Waals surface area (Å²) in [4.78, 5) is 0. The Kier molecular flexibility index (Phi) is 10.5. The van der Waals surface area contributed by atoms with Crippen LogP contribution in [-0.4, -0.2) is 10.3 Å². The van der Waals surface area contributed by atoms with Crippen LogP contribution in [-0.2, 0) is 12.2 Å². The van der Waals surface area contributed by atoms with Crippen LogP contribution in [0.25, 0.3) is 11.3 Å². The minimum Gasteiger partial charge on any atom is -0.489 e. The third-order valence-corrected chi connectivity index (χ3v) is 8.42. The van der Waals surface area contributed by atoms with E-state index in [1.54, 1.807) is 24.3 Å². The van der Waals surface area contributed by atoms with Gasteiger partial charge in [-0.05, 0) is 68.4 Å². The largest absolute Gasteiger partial charge is 0.489 e. The molecule has 0 radical (unpaired) electrons. The van der Waals surface area contributed by atoms with Crippen molar-refractivity contribution in [1.82, 2.24) is 5.16 Å². The summed E-state index contributed by atoms with van der Waals surface area (Å²) in [6.45, 7) is 10.3. The van der Waals surface area contributed by atoms with Gasteiger partial charge in [0, 0.05) is 17.0 Å². The summed E-state index contributed by atoms with van der Waals surface area (Å²) in [5.41, 5.74) is 4.37. The van der Waals surface area contributed by atoms with Gasteiger partial charge in [0.1, 0.15) is 23.8 Å². The Bertz CT molecular complexity index is 1450. The Morgan fingerprint density at radius 1 is 0.878 bits per heavy atom. The lowest BCUT2D eigenvalue weighted by Crippen LogP contribution is -2.40. The zero-order chi connectivity index (χ0) is 29.7. The first-order valence-corrected chi connectivity index (χ1v) is 15.6. The van der Waals surface area contributed by atoms with E-state index in [0.717, 1.165) is 29.7 Å². The highest BCUT2D eigenvalue weighted by Crippen LogP contribution is 2.53. The minimum absolute atomic E-state index is 0.238. The Hall–Kier alpha value is -2.50. The minimum atomic E-state index is -0.939. The molecule has 0 saturated heterocycles. The highest BCUT2D eigenvalue weighted by atomic mass is 35.5. The number of hydrogen-bond donors (Lipinski definition) is 1. The highest BCUT2D eigenvalue weighted by Gasteiger charge is 2.45. The van der Waals surface area contributed by atoms with Crippen LogP contribution in [0.5, 0.6) is 5.75 Å². The molecule has 4 nitrogen and oxygen atoms in total. The fourth-order valence-corrected chi connectivity index (χ4v) is 6.22.